The van der Waals surface area contributed by atoms with Crippen LogP contribution >= 0.6 is 27.5 Å². The van der Waals surface area contributed by atoms with Crippen LogP contribution in [0.5, 0.6) is 0 Å². The van der Waals surface area contributed by atoms with Crippen molar-refractivity contribution < 1.29 is 9.59 Å². The van der Waals surface area contributed by atoms with E-state index in [9.17, 15) is 9.59 Å². The number of hydrogen-bond acceptors (Lipinski definition) is 3. The van der Waals surface area contributed by atoms with Gasteiger partial charge in [-0.2, -0.15) is 0 Å². The van der Waals surface area contributed by atoms with Crippen LogP contribution in [0.4, 0.5) is 5.69 Å². The van der Waals surface area contributed by atoms with Gasteiger partial charge in [-0.25, -0.2) is 0 Å². The second kappa shape index (κ2) is 6.36. The Morgan fingerprint density at radius 2 is 2.00 bits per heavy atom. The van der Waals surface area contributed by atoms with Crippen molar-refractivity contribution in [1.82, 2.24) is 10.2 Å². The third-order valence-electron chi connectivity index (χ3n) is 2.78. The Labute approximate surface area is 124 Å². The van der Waals surface area contributed by atoms with Gasteiger partial charge in [0, 0.05) is 35.7 Å². The lowest BCUT2D eigenvalue weighted by Gasteiger charge is -2.26. The fourth-order valence-electron chi connectivity index (χ4n) is 1.78. The maximum atomic E-state index is 11.9. The molecule has 1 aromatic carbocycles. The van der Waals surface area contributed by atoms with Crippen molar-refractivity contribution in [2.75, 3.05) is 31.5 Å². The molecule has 0 spiro atoms. The van der Waals surface area contributed by atoms with Gasteiger partial charge in [0.15, 0.2) is 0 Å². The molecule has 2 amide bonds. The molecule has 0 bridgehead atoms. The summed E-state index contributed by atoms with van der Waals surface area (Å²) >= 11 is 9.15. The van der Waals surface area contributed by atoms with E-state index in [1.54, 1.807) is 18.2 Å². The minimum Gasteiger partial charge on any atom is -0.332 e. The summed E-state index contributed by atoms with van der Waals surface area (Å²) in [6.45, 7) is 2.51. The largest absolute Gasteiger partial charge is 0.332 e. The van der Waals surface area contributed by atoms with Gasteiger partial charge in [-0.15, -0.1) is 0 Å². The first-order chi connectivity index (χ1) is 9.08. The fraction of sp³-hybridized carbons (Fsp3) is 0.333. The Hall–Kier alpha value is -1.11. The van der Waals surface area contributed by atoms with Crippen LogP contribution in [0, 0.1) is 0 Å². The number of benzene rings is 1. The van der Waals surface area contributed by atoms with Crippen LogP contribution in [-0.2, 0) is 9.59 Å². The molecule has 2 N–H and O–H groups in total. The zero-order valence-corrected chi connectivity index (χ0v) is 12.4. The standard InChI is InChI=1S/C12H13BrClN3O2/c13-9-2-1-8(14)7-10(9)16-11(18)12(19)17-5-3-15-4-6-17/h1-2,7,15H,3-6H2,(H,16,18). The molecule has 102 valence electrons. The van der Waals surface area contributed by atoms with Crippen LogP contribution in [0.3, 0.4) is 0 Å². The lowest BCUT2D eigenvalue weighted by Crippen LogP contribution is -2.49. The number of piperazine rings is 1. The zero-order chi connectivity index (χ0) is 13.8. The minimum absolute atomic E-state index is 0.487. The van der Waals surface area contributed by atoms with Crippen molar-refractivity contribution in [2.45, 2.75) is 0 Å². The first-order valence-corrected chi connectivity index (χ1v) is 7.01. The second-order valence-corrected chi connectivity index (χ2v) is 5.41. The zero-order valence-electron chi connectivity index (χ0n) is 10.1. The number of nitrogens with zero attached hydrogens (tertiary/aromatic N) is 1. The molecule has 1 saturated heterocycles. The molecule has 1 aromatic rings. The lowest BCUT2D eigenvalue weighted by molar-refractivity contribution is -0.143. The molecule has 1 fully saturated rings. The molecule has 0 radical (unpaired) electrons. The topological polar surface area (TPSA) is 61.4 Å². The first kappa shape index (κ1) is 14.3. The van der Waals surface area contributed by atoms with Gasteiger partial charge in [0.05, 0.1) is 5.69 Å². The summed E-state index contributed by atoms with van der Waals surface area (Å²) in [6, 6.07) is 5.00. The van der Waals surface area contributed by atoms with Crippen LogP contribution in [-0.4, -0.2) is 42.9 Å². The molecule has 19 heavy (non-hydrogen) atoms. The van der Waals surface area contributed by atoms with E-state index in [4.69, 9.17) is 11.6 Å². The Bertz CT molecular complexity index is 504. The minimum atomic E-state index is -0.648. The highest BCUT2D eigenvalue weighted by atomic mass is 79.9. The fourth-order valence-corrected chi connectivity index (χ4v) is 2.30. The van der Waals surface area contributed by atoms with Crippen molar-refractivity contribution in [2.24, 2.45) is 0 Å². The third kappa shape index (κ3) is 3.68. The van der Waals surface area contributed by atoms with E-state index in [1.165, 1.54) is 4.90 Å². The predicted molar refractivity (Wildman–Crippen MR) is 77.2 cm³/mol. The lowest BCUT2D eigenvalue weighted by atomic mass is 10.3. The molecular weight excluding hydrogens is 334 g/mol. The molecule has 1 heterocycles. The molecule has 1 aliphatic heterocycles. The number of rotatable bonds is 1. The van der Waals surface area contributed by atoms with Crippen molar-refractivity contribution >= 4 is 45.0 Å². The van der Waals surface area contributed by atoms with Crippen LogP contribution in [0.1, 0.15) is 0 Å². The van der Waals surface area contributed by atoms with Gasteiger partial charge < -0.3 is 15.5 Å². The number of anilines is 1. The average molecular weight is 347 g/mol. The van der Waals surface area contributed by atoms with Gasteiger partial charge in [-0.1, -0.05) is 11.6 Å². The molecule has 2 rings (SSSR count). The van der Waals surface area contributed by atoms with Crippen LogP contribution < -0.4 is 10.6 Å². The maximum absolute atomic E-state index is 11.9. The summed E-state index contributed by atoms with van der Waals surface area (Å²) in [5.41, 5.74) is 0.487. The van der Waals surface area contributed by atoms with Crippen molar-refractivity contribution in [3.05, 3.63) is 27.7 Å². The Morgan fingerprint density at radius 3 is 2.68 bits per heavy atom. The Morgan fingerprint density at radius 1 is 1.32 bits per heavy atom. The summed E-state index contributed by atoms with van der Waals surface area (Å²) in [5, 5.41) is 6.18. The van der Waals surface area contributed by atoms with E-state index in [0.717, 1.165) is 0 Å². The summed E-state index contributed by atoms with van der Waals surface area (Å²) in [4.78, 5) is 25.4. The highest BCUT2D eigenvalue weighted by Crippen LogP contribution is 2.25. The van der Waals surface area contributed by atoms with Crippen LogP contribution in [0.25, 0.3) is 0 Å². The smallest absolute Gasteiger partial charge is 0.313 e. The molecule has 0 saturated carbocycles. The van der Waals surface area contributed by atoms with E-state index in [0.29, 0.717) is 41.4 Å². The van der Waals surface area contributed by atoms with E-state index in [1.807, 2.05) is 0 Å². The number of halogens is 2. The van der Waals surface area contributed by atoms with Gasteiger partial charge in [-0.05, 0) is 34.1 Å². The maximum Gasteiger partial charge on any atom is 0.313 e. The Kier molecular flexibility index (Phi) is 4.79. The molecular formula is C12H13BrClN3O2. The van der Waals surface area contributed by atoms with Gasteiger partial charge in [0.1, 0.15) is 0 Å². The van der Waals surface area contributed by atoms with E-state index >= 15 is 0 Å². The monoisotopic (exact) mass is 345 g/mol. The number of carbonyl (C=O) groups is 2. The summed E-state index contributed by atoms with van der Waals surface area (Å²) in [6.07, 6.45) is 0. The Balaban J connectivity index is 2.03. The number of amides is 2. The van der Waals surface area contributed by atoms with Crippen molar-refractivity contribution in [3.63, 3.8) is 0 Å². The normalized spacial score (nSPS) is 15.2. The van der Waals surface area contributed by atoms with Gasteiger partial charge >= 0.3 is 11.8 Å². The van der Waals surface area contributed by atoms with Gasteiger partial charge in [0.2, 0.25) is 0 Å². The second-order valence-electron chi connectivity index (χ2n) is 4.12. The van der Waals surface area contributed by atoms with Gasteiger partial charge in [0.25, 0.3) is 0 Å². The molecule has 0 unspecified atom stereocenters. The van der Waals surface area contributed by atoms with Crippen molar-refractivity contribution in [1.29, 1.82) is 0 Å². The van der Waals surface area contributed by atoms with Crippen LogP contribution in [0.15, 0.2) is 22.7 Å². The van der Waals surface area contributed by atoms with Crippen molar-refractivity contribution in [3.8, 4) is 0 Å². The summed E-state index contributed by atoms with van der Waals surface area (Å²) in [7, 11) is 0. The number of hydrogen-bond donors (Lipinski definition) is 2. The van der Waals surface area contributed by atoms with E-state index < -0.39 is 11.8 Å². The molecule has 5 nitrogen and oxygen atoms in total. The molecule has 7 heteroatoms. The highest BCUT2D eigenvalue weighted by Gasteiger charge is 2.23. The average Bonchev–Trinajstić information content (AvgIpc) is 2.43. The highest BCUT2D eigenvalue weighted by molar-refractivity contribution is 9.10. The van der Waals surface area contributed by atoms with E-state index in [-0.39, 0.29) is 0 Å². The number of carbonyl (C=O) groups excluding carboxylic acids is 2. The third-order valence-corrected chi connectivity index (χ3v) is 3.70. The summed E-state index contributed by atoms with van der Waals surface area (Å²) < 4.78 is 0.679. The number of nitrogens with one attached hydrogen (secondary N) is 2. The van der Waals surface area contributed by atoms with Crippen LogP contribution in [0.2, 0.25) is 5.02 Å². The quantitative estimate of drug-likeness (QED) is 0.757. The molecule has 0 atom stereocenters. The summed E-state index contributed by atoms with van der Waals surface area (Å²) in [5.74, 6) is -1.17. The van der Waals surface area contributed by atoms with Gasteiger partial charge in [-0.3, -0.25) is 9.59 Å². The molecule has 0 aliphatic carbocycles. The SMILES string of the molecule is O=C(Nc1cc(Cl)ccc1Br)C(=O)N1CCNCC1. The first-order valence-electron chi connectivity index (χ1n) is 5.84. The molecule has 0 aromatic heterocycles. The predicted octanol–water partition coefficient (Wildman–Crippen LogP) is 1.47. The van der Waals surface area contributed by atoms with E-state index in [2.05, 4.69) is 26.6 Å². The molecule has 1 aliphatic rings.